The van der Waals surface area contributed by atoms with Gasteiger partial charge in [-0.25, -0.2) is 8.42 Å². The lowest BCUT2D eigenvalue weighted by molar-refractivity contribution is 0.600. The van der Waals surface area contributed by atoms with E-state index in [1.54, 1.807) is 18.2 Å². The van der Waals surface area contributed by atoms with Gasteiger partial charge in [0.1, 0.15) is 0 Å². The minimum Gasteiger partial charge on any atom is -0.370 e. The summed E-state index contributed by atoms with van der Waals surface area (Å²) >= 11 is 6.18. The first-order valence-corrected chi connectivity index (χ1v) is 8.40. The van der Waals surface area contributed by atoms with Crippen LogP contribution in [-0.2, 0) is 16.4 Å². The van der Waals surface area contributed by atoms with E-state index in [1.807, 2.05) is 42.3 Å². The van der Waals surface area contributed by atoms with E-state index in [-0.39, 0.29) is 4.90 Å². The smallest absolute Gasteiger partial charge is 0.175 e. The molecular weight excluding hydrogens is 294 g/mol. The molecule has 2 rings (SSSR count). The van der Waals surface area contributed by atoms with Gasteiger partial charge in [-0.05, 0) is 24.3 Å². The van der Waals surface area contributed by atoms with Crippen LogP contribution in [0.2, 0.25) is 5.02 Å². The molecule has 0 aliphatic heterocycles. The number of rotatable bonds is 4. The average Bonchev–Trinajstić information content (AvgIpc) is 2.40. The van der Waals surface area contributed by atoms with Crippen LogP contribution in [0.1, 0.15) is 5.56 Å². The zero-order chi connectivity index (χ0) is 14.8. The van der Waals surface area contributed by atoms with Gasteiger partial charge in [0, 0.05) is 36.1 Å². The van der Waals surface area contributed by atoms with Gasteiger partial charge in [0.25, 0.3) is 0 Å². The van der Waals surface area contributed by atoms with Crippen LogP contribution in [0.25, 0.3) is 0 Å². The molecule has 0 saturated carbocycles. The second-order valence-electron chi connectivity index (χ2n) is 4.68. The Morgan fingerprint density at radius 1 is 1.05 bits per heavy atom. The van der Waals surface area contributed by atoms with E-state index in [0.29, 0.717) is 17.1 Å². The van der Waals surface area contributed by atoms with E-state index in [9.17, 15) is 8.42 Å². The Labute approximate surface area is 124 Å². The molecule has 0 amide bonds. The first kappa shape index (κ1) is 14.9. The molecule has 0 saturated heterocycles. The van der Waals surface area contributed by atoms with Crippen LogP contribution in [0.15, 0.2) is 53.4 Å². The summed E-state index contributed by atoms with van der Waals surface area (Å²) in [6, 6.07) is 14.7. The Morgan fingerprint density at radius 3 is 2.30 bits per heavy atom. The fraction of sp³-hybridized carbons (Fsp3) is 0.200. The standard InChI is InChI=1S/C15H16ClNO2S/c1-17(12-7-4-3-5-8-12)11-13-14(16)9-6-10-15(13)20(2,18)19/h3-10H,11H2,1-2H3. The summed E-state index contributed by atoms with van der Waals surface area (Å²) in [5.74, 6) is 0. The SMILES string of the molecule is CN(Cc1c(Cl)cccc1S(C)(=O)=O)c1ccccc1. The molecule has 3 nitrogen and oxygen atoms in total. The molecule has 0 unspecified atom stereocenters. The molecule has 0 atom stereocenters. The molecule has 0 aromatic heterocycles. The Hall–Kier alpha value is -1.52. The fourth-order valence-electron chi connectivity index (χ4n) is 2.05. The lowest BCUT2D eigenvalue weighted by atomic mass is 10.2. The lowest BCUT2D eigenvalue weighted by Crippen LogP contribution is -2.18. The first-order chi connectivity index (χ1) is 9.39. The van der Waals surface area contributed by atoms with Gasteiger partial charge in [-0.2, -0.15) is 0 Å². The van der Waals surface area contributed by atoms with E-state index in [2.05, 4.69) is 0 Å². The highest BCUT2D eigenvalue weighted by atomic mass is 35.5. The summed E-state index contributed by atoms with van der Waals surface area (Å²) < 4.78 is 23.7. The predicted molar refractivity (Wildman–Crippen MR) is 83.1 cm³/mol. The molecule has 0 N–H and O–H groups in total. The molecule has 0 bridgehead atoms. The van der Waals surface area contributed by atoms with Gasteiger partial charge in [-0.3, -0.25) is 0 Å². The van der Waals surface area contributed by atoms with Crippen LogP contribution >= 0.6 is 11.6 Å². The topological polar surface area (TPSA) is 37.4 Å². The van der Waals surface area contributed by atoms with Gasteiger partial charge < -0.3 is 4.90 Å². The molecule has 0 aliphatic carbocycles. The van der Waals surface area contributed by atoms with Crippen LogP contribution in [0.4, 0.5) is 5.69 Å². The van der Waals surface area contributed by atoms with Gasteiger partial charge in [0.05, 0.1) is 4.90 Å². The second-order valence-corrected chi connectivity index (χ2v) is 7.07. The maximum absolute atomic E-state index is 11.8. The van der Waals surface area contributed by atoms with E-state index >= 15 is 0 Å². The number of para-hydroxylation sites is 1. The summed E-state index contributed by atoms with van der Waals surface area (Å²) in [5.41, 5.74) is 1.63. The largest absolute Gasteiger partial charge is 0.370 e. The van der Waals surface area contributed by atoms with Gasteiger partial charge in [0.15, 0.2) is 9.84 Å². The molecule has 0 aliphatic rings. The molecule has 106 valence electrons. The third kappa shape index (κ3) is 3.32. The molecule has 2 aromatic carbocycles. The zero-order valence-electron chi connectivity index (χ0n) is 11.4. The lowest BCUT2D eigenvalue weighted by Gasteiger charge is -2.21. The van der Waals surface area contributed by atoms with Crippen molar-refractivity contribution in [2.75, 3.05) is 18.2 Å². The summed E-state index contributed by atoms with van der Waals surface area (Å²) in [7, 11) is -1.39. The van der Waals surface area contributed by atoms with E-state index in [1.165, 1.54) is 6.26 Å². The van der Waals surface area contributed by atoms with E-state index < -0.39 is 9.84 Å². The maximum atomic E-state index is 11.8. The minimum absolute atomic E-state index is 0.285. The molecule has 0 fully saturated rings. The molecule has 0 spiro atoms. The number of sulfone groups is 1. The highest BCUT2D eigenvalue weighted by Gasteiger charge is 2.17. The van der Waals surface area contributed by atoms with Gasteiger partial charge >= 0.3 is 0 Å². The maximum Gasteiger partial charge on any atom is 0.175 e. The van der Waals surface area contributed by atoms with Crippen LogP contribution in [-0.4, -0.2) is 21.7 Å². The van der Waals surface area contributed by atoms with Crippen LogP contribution < -0.4 is 4.90 Å². The van der Waals surface area contributed by atoms with E-state index in [0.717, 1.165) is 5.69 Å². The fourth-order valence-corrected chi connectivity index (χ4v) is 3.29. The molecule has 2 aromatic rings. The summed E-state index contributed by atoms with van der Waals surface area (Å²) in [6.07, 6.45) is 1.20. The summed E-state index contributed by atoms with van der Waals surface area (Å²) in [4.78, 5) is 2.25. The van der Waals surface area contributed by atoms with Crippen molar-refractivity contribution in [1.29, 1.82) is 0 Å². The number of hydrogen-bond acceptors (Lipinski definition) is 3. The van der Waals surface area contributed by atoms with Crippen molar-refractivity contribution >= 4 is 27.1 Å². The molecular formula is C15H16ClNO2S. The molecule has 5 heteroatoms. The van der Waals surface area contributed by atoms with Crippen LogP contribution in [0.5, 0.6) is 0 Å². The zero-order valence-corrected chi connectivity index (χ0v) is 12.9. The van der Waals surface area contributed by atoms with Gasteiger partial charge in [-0.1, -0.05) is 35.9 Å². The Balaban J connectivity index is 2.39. The number of benzene rings is 2. The number of anilines is 1. The van der Waals surface area contributed by atoms with E-state index in [4.69, 9.17) is 11.6 Å². The number of hydrogen-bond donors (Lipinski definition) is 0. The quantitative estimate of drug-likeness (QED) is 0.869. The minimum atomic E-state index is -3.29. The van der Waals surface area contributed by atoms with Crippen molar-refractivity contribution in [3.63, 3.8) is 0 Å². The molecule has 20 heavy (non-hydrogen) atoms. The van der Waals surface area contributed by atoms with Crippen molar-refractivity contribution in [3.05, 3.63) is 59.1 Å². The third-order valence-corrected chi connectivity index (χ3v) is 4.60. The highest BCUT2D eigenvalue weighted by Crippen LogP contribution is 2.26. The van der Waals surface area contributed by atoms with Crippen LogP contribution in [0.3, 0.4) is 0 Å². The van der Waals surface area contributed by atoms with Crippen molar-refractivity contribution < 1.29 is 8.42 Å². The predicted octanol–water partition coefficient (Wildman–Crippen LogP) is 3.38. The second kappa shape index (κ2) is 5.85. The number of nitrogens with zero attached hydrogens (tertiary/aromatic N) is 1. The molecule has 0 radical (unpaired) electrons. The highest BCUT2D eigenvalue weighted by molar-refractivity contribution is 7.90. The Bertz CT molecular complexity index is 699. The van der Waals surface area contributed by atoms with Crippen molar-refractivity contribution in [1.82, 2.24) is 0 Å². The van der Waals surface area contributed by atoms with Gasteiger partial charge in [-0.15, -0.1) is 0 Å². The van der Waals surface area contributed by atoms with Crippen molar-refractivity contribution in [2.24, 2.45) is 0 Å². The Kier molecular flexibility index (Phi) is 4.35. The third-order valence-electron chi connectivity index (χ3n) is 3.07. The van der Waals surface area contributed by atoms with Crippen molar-refractivity contribution in [3.8, 4) is 0 Å². The van der Waals surface area contributed by atoms with Crippen LogP contribution in [0, 0.1) is 0 Å². The monoisotopic (exact) mass is 309 g/mol. The summed E-state index contributed by atoms with van der Waals surface area (Å²) in [5, 5.41) is 0.468. The van der Waals surface area contributed by atoms with Crippen molar-refractivity contribution in [2.45, 2.75) is 11.4 Å². The average molecular weight is 310 g/mol. The van der Waals surface area contributed by atoms with Gasteiger partial charge in [0.2, 0.25) is 0 Å². The normalized spacial score (nSPS) is 11.3. The molecule has 0 heterocycles. The number of halogens is 1. The first-order valence-electron chi connectivity index (χ1n) is 6.13. The Morgan fingerprint density at radius 2 is 1.70 bits per heavy atom. The summed E-state index contributed by atoms with van der Waals surface area (Å²) in [6.45, 7) is 0.437.